The number of aliphatic hydroxyl groups is 1. The number of carbonyl (C=O) groups is 2. The minimum Gasteiger partial charge on any atom is -0.516 e. The lowest BCUT2D eigenvalue weighted by Crippen LogP contribution is -2.11. The number of nitrogens with one attached hydrogen (secondary N) is 1. The Kier molecular flexibility index (Phi) is 14.2. The van der Waals surface area contributed by atoms with Crippen molar-refractivity contribution in [3.05, 3.63) is 100 Å². The Labute approximate surface area is 205 Å². The van der Waals surface area contributed by atoms with E-state index in [-0.39, 0.29) is 17.0 Å². The maximum atomic E-state index is 13.9. The number of anilines is 1. The molecule has 0 atom stereocenters. The van der Waals surface area contributed by atoms with E-state index < -0.39 is 11.6 Å². The van der Waals surface area contributed by atoms with Gasteiger partial charge in [0, 0.05) is 18.3 Å². The van der Waals surface area contributed by atoms with Gasteiger partial charge in [0.25, 0.3) is 0 Å². The van der Waals surface area contributed by atoms with Crippen LogP contribution in [0.3, 0.4) is 0 Å². The van der Waals surface area contributed by atoms with Gasteiger partial charge in [-0.1, -0.05) is 41.9 Å². The number of aliphatic hydroxyl groups excluding tert-OH is 1. The lowest BCUT2D eigenvalue weighted by molar-refractivity contribution is -0.0980. The van der Waals surface area contributed by atoms with Gasteiger partial charge in [0.15, 0.2) is 0 Å². The van der Waals surface area contributed by atoms with Crippen molar-refractivity contribution < 1.29 is 23.8 Å². The minimum atomic E-state index is -0.626. The number of rotatable bonds is 4. The molecule has 0 aliphatic carbocycles. The molecule has 0 amide bonds. The van der Waals surface area contributed by atoms with Crippen molar-refractivity contribution in [2.45, 2.75) is 20.8 Å². The Balaban J connectivity index is 0.000000645. The molecule has 0 spiro atoms. The van der Waals surface area contributed by atoms with Crippen molar-refractivity contribution in [3.63, 3.8) is 0 Å². The molecule has 1 aromatic heterocycles. The van der Waals surface area contributed by atoms with Crippen LogP contribution in [0.1, 0.15) is 32.7 Å². The van der Waals surface area contributed by atoms with Crippen LogP contribution in [-0.2, 0) is 4.79 Å². The van der Waals surface area contributed by atoms with Gasteiger partial charge in [-0.15, -0.1) is 0 Å². The second-order valence-corrected chi connectivity index (χ2v) is 7.15. The third-order valence-corrected chi connectivity index (χ3v) is 4.67. The molecule has 0 saturated carbocycles. The molecular weight excluding hydrogens is 459 g/mol. The van der Waals surface area contributed by atoms with E-state index >= 15 is 0 Å². The van der Waals surface area contributed by atoms with Crippen LogP contribution in [0.15, 0.2) is 61.5 Å². The monoisotopic (exact) mass is 488 g/mol. The maximum Gasteiger partial charge on any atom is 0.220 e. The summed E-state index contributed by atoms with van der Waals surface area (Å²) in [7, 11) is 3.08. The van der Waals surface area contributed by atoms with E-state index in [1.807, 2.05) is 32.8 Å². The van der Waals surface area contributed by atoms with Crippen LogP contribution in [0.4, 0.5) is 10.1 Å². The zero-order valence-electron chi connectivity index (χ0n) is 20.0. The highest BCUT2D eigenvalue weighted by atomic mass is 35.5. The summed E-state index contributed by atoms with van der Waals surface area (Å²) in [6, 6.07) is 12.1. The number of pyridine rings is 1. The van der Waals surface area contributed by atoms with E-state index in [0.717, 1.165) is 22.4 Å². The normalized spacial score (nSPS) is 9.03. The van der Waals surface area contributed by atoms with Crippen molar-refractivity contribution in [2.75, 3.05) is 19.5 Å². The predicted octanol–water partition coefficient (Wildman–Crippen LogP) is 6.27. The Morgan fingerprint density at radius 3 is 2.26 bits per heavy atom. The van der Waals surface area contributed by atoms with E-state index in [1.54, 1.807) is 25.4 Å². The van der Waals surface area contributed by atoms with E-state index in [9.17, 15) is 9.18 Å². The standard InChI is InChI=1S/C15H15FN2O2.C8H9Cl.C2H4O.CH2O/c1-9-7-11(17-2)14(18-8-9)15(19)13-10(16)5-4-6-12(13)20-3;1-6-3-4-8(9)7(2)5-6;1-2-3;1-2/h4-8,17H,1-3H3;3-5H,1-2H3;2-3H,1H2;1H2. The zero-order chi connectivity index (χ0) is 26.3. The maximum absolute atomic E-state index is 13.9. The number of ketones is 1. The van der Waals surface area contributed by atoms with E-state index in [2.05, 4.69) is 29.9 Å². The van der Waals surface area contributed by atoms with Gasteiger partial charge in [0.2, 0.25) is 5.78 Å². The minimum absolute atomic E-state index is 0.108. The molecule has 8 heteroatoms. The SMILES string of the molecule is C=CO.C=O.CNc1cc(C)cnc1C(=O)c1c(F)cccc1OC.Cc1ccc(Cl)c(C)c1. The number of ether oxygens (including phenoxy) is 1. The summed E-state index contributed by atoms with van der Waals surface area (Å²) in [4.78, 5) is 24.6. The molecule has 0 unspecified atom stereocenters. The van der Waals surface area contributed by atoms with Gasteiger partial charge in [0.05, 0.1) is 19.1 Å². The quantitative estimate of drug-likeness (QED) is 0.332. The molecule has 2 N–H and O–H groups in total. The molecule has 0 saturated heterocycles. The average Bonchev–Trinajstić information content (AvgIpc) is 2.83. The Bertz CT molecular complexity index is 1090. The number of aryl methyl sites for hydroxylation is 3. The summed E-state index contributed by atoms with van der Waals surface area (Å²) in [6.07, 6.45) is 2.32. The van der Waals surface area contributed by atoms with Gasteiger partial charge in [-0.2, -0.15) is 0 Å². The number of halogens is 2. The van der Waals surface area contributed by atoms with Crippen LogP contribution in [0.2, 0.25) is 5.02 Å². The van der Waals surface area contributed by atoms with Crippen LogP contribution in [0.5, 0.6) is 5.75 Å². The Hall–Kier alpha value is -3.71. The van der Waals surface area contributed by atoms with Crippen LogP contribution in [-0.4, -0.2) is 36.8 Å². The van der Waals surface area contributed by atoms with Crippen LogP contribution in [0, 0.1) is 26.6 Å². The molecule has 0 aliphatic rings. The molecule has 1 heterocycles. The first-order valence-electron chi connectivity index (χ1n) is 9.98. The zero-order valence-corrected chi connectivity index (χ0v) is 20.7. The van der Waals surface area contributed by atoms with Crippen molar-refractivity contribution in [1.82, 2.24) is 4.98 Å². The highest BCUT2D eigenvalue weighted by molar-refractivity contribution is 6.31. The van der Waals surface area contributed by atoms with E-state index in [4.69, 9.17) is 26.2 Å². The molecule has 0 aliphatic heterocycles. The molecule has 182 valence electrons. The van der Waals surface area contributed by atoms with Gasteiger partial charge in [-0.25, -0.2) is 4.39 Å². The number of hydrogen-bond donors (Lipinski definition) is 2. The number of hydrogen-bond acceptors (Lipinski definition) is 6. The fraction of sp³-hybridized carbons (Fsp3) is 0.192. The number of methoxy groups -OCH3 is 1. The van der Waals surface area contributed by atoms with Gasteiger partial charge in [-0.3, -0.25) is 9.78 Å². The van der Waals surface area contributed by atoms with Crippen LogP contribution < -0.4 is 10.1 Å². The summed E-state index contributed by atoms with van der Waals surface area (Å²) in [5.41, 5.74) is 3.93. The lowest BCUT2D eigenvalue weighted by atomic mass is 10.0. The number of benzene rings is 2. The number of nitrogens with zero attached hydrogens (tertiary/aromatic N) is 1. The average molecular weight is 489 g/mol. The Morgan fingerprint density at radius 2 is 1.76 bits per heavy atom. The van der Waals surface area contributed by atoms with Crippen molar-refractivity contribution in [3.8, 4) is 5.75 Å². The van der Waals surface area contributed by atoms with Gasteiger partial charge in [0.1, 0.15) is 29.6 Å². The third kappa shape index (κ3) is 9.03. The van der Waals surface area contributed by atoms with E-state index in [1.165, 1.54) is 24.8 Å². The van der Waals surface area contributed by atoms with Crippen molar-refractivity contribution in [1.29, 1.82) is 0 Å². The lowest BCUT2D eigenvalue weighted by Gasteiger charge is -2.11. The first-order valence-corrected chi connectivity index (χ1v) is 10.4. The summed E-state index contributed by atoms with van der Waals surface area (Å²) in [5.74, 6) is -0.942. The highest BCUT2D eigenvalue weighted by Crippen LogP contribution is 2.26. The van der Waals surface area contributed by atoms with Crippen molar-refractivity contribution in [2.24, 2.45) is 0 Å². The molecule has 0 bridgehead atoms. The fourth-order valence-corrected chi connectivity index (χ4v) is 2.87. The van der Waals surface area contributed by atoms with Gasteiger partial charge < -0.3 is 20.0 Å². The summed E-state index contributed by atoms with van der Waals surface area (Å²) < 4.78 is 19.0. The van der Waals surface area contributed by atoms with Crippen molar-refractivity contribution >= 4 is 29.9 Å². The van der Waals surface area contributed by atoms with Gasteiger partial charge in [-0.05, 0) is 56.2 Å². The molecular formula is C26H30ClFN2O4. The Morgan fingerprint density at radius 1 is 1.15 bits per heavy atom. The van der Waals surface area contributed by atoms with Crippen LogP contribution in [0.25, 0.3) is 0 Å². The first-order chi connectivity index (χ1) is 16.2. The number of carbonyl (C=O) groups excluding carboxylic acids is 2. The molecule has 34 heavy (non-hydrogen) atoms. The number of aromatic nitrogens is 1. The third-order valence-electron chi connectivity index (χ3n) is 4.24. The summed E-state index contributed by atoms with van der Waals surface area (Å²) >= 11 is 5.78. The summed E-state index contributed by atoms with van der Waals surface area (Å²) in [6.45, 7) is 10.9. The molecule has 3 rings (SSSR count). The molecule has 0 radical (unpaired) electrons. The second kappa shape index (κ2) is 16.0. The molecule has 3 aromatic rings. The fourth-order valence-electron chi connectivity index (χ4n) is 2.75. The largest absolute Gasteiger partial charge is 0.516 e. The molecule has 0 fully saturated rings. The highest BCUT2D eigenvalue weighted by Gasteiger charge is 2.22. The molecule has 2 aromatic carbocycles. The van der Waals surface area contributed by atoms with Crippen LogP contribution >= 0.6 is 11.6 Å². The van der Waals surface area contributed by atoms with Gasteiger partial charge >= 0.3 is 0 Å². The predicted molar refractivity (Wildman–Crippen MR) is 136 cm³/mol. The first kappa shape index (κ1) is 30.3. The second-order valence-electron chi connectivity index (χ2n) is 6.74. The van der Waals surface area contributed by atoms with E-state index in [0.29, 0.717) is 5.69 Å². The smallest absolute Gasteiger partial charge is 0.220 e. The topological polar surface area (TPSA) is 88.5 Å². The molecule has 6 nitrogen and oxygen atoms in total. The summed E-state index contributed by atoms with van der Waals surface area (Å²) in [5, 5.41) is 11.1.